The molecule has 0 radical (unpaired) electrons. The number of para-hydroxylation sites is 1. The van der Waals surface area contributed by atoms with Crippen molar-refractivity contribution in [3.05, 3.63) is 63.9 Å². The van der Waals surface area contributed by atoms with Crippen LogP contribution in [-0.2, 0) is 26.3 Å². The maximum atomic E-state index is 14.7. The van der Waals surface area contributed by atoms with E-state index in [4.69, 9.17) is 23.2 Å². The average Bonchev–Trinajstić information content (AvgIpc) is 2.84. The van der Waals surface area contributed by atoms with Crippen LogP contribution in [0.5, 0.6) is 0 Å². The van der Waals surface area contributed by atoms with Crippen molar-refractivity contribution in [3.63, 3.8) is 0 Å². The lowest BCUT2D eigenvalue weighted by Gasteiger charge is -2.34. The standard InChI is InChI=1S/C25H33Cl2FN4O4S/c1-5-7-14-29-25(34)22(6-2)31(16-18-12-13-19(26)15-20(18)27)24(33)17-32(37(35,36)30(3)4)23-11-9-8-10-21(23)28/h8-13,15,22H,5-7,14,16-17H2,1-4H3,(H,29,34). The molecule has 0 heterocycles. The number of hydrogen-bond acceptors (Lipinski definition) is 4. The van der Waals surface area contributed by atoms with E-state index in [0.29, 0.717) is 26.5 Å². The van der Waals surface area contributed by atoms with Gasteiger partial charge >= 0.3 is 10.2 Å². The molecule has 0 spiro atoms. The van der Waals surface area contributed by atoms with E-state index in [2.05, 4.69) is 5.32 Å². The van der Waals surface area contributed by atoms with Crippen molar-refractivity contribution < 1.29 is 22.4 Å². The van der Waals surface area contributed by atoms with Gasteiger partial charge in [0, 0.05) is 37.2 Å². The molecule has 2 aromatic carbocycles. The van der Waals surface area contributed by atoms with Crippen molar-refractivity contribution in [2.75, 3.05) is 31.5 Å². The molecular weight excluding hydrogens is 542 g/mol. The third-order valence-electron chi connectivity index (χ3n) is 5.71. The van der Waals surface area contributed by atoms with E-state index in [0.717, 1.165) is 23.2 Å². The summed E-state index contributed by atoms with van der Waals surface area (Å²) in [7, 11) is -1.69. The van der Waals surface area contributed by atoms with Crippen molar-refractivity contribution >= 4 is 50.9 Å². The summed E-state index contributed by atoms with van der Waals surface area (Å²) in [6, 6.07) is 9.13. The van der Waals surface area contributed by atoms with E-state index in [1.165, 1.54) is 43.3 Å². The molecule has 37 heavy (non-hydrogen) atoms. The maximum Gasteiger partial charge on any atom is 0.304 e. The maximum absolute atomic E-state index is 14.7. The lowest BCUT2D eigenvalue weighted by molar-refractivity contribution is -0.140. The molecule has 0 aliphatic rings. The van der Waals surface area contributed by atoms with Crippen molar-refractivity contribution in [1.29, 1.82) is 0 Å². The minimum atomic E-state index is -4.26. The first-order chi connectivity index (χ1) is 17.4. The topological polar surface area (TPSA) is 90.0 Å². The Morgan fingerprint density at radius 2 is 1.76 bits per heavy atom. The number of halogens is 3. The number of carbonyl (C=O) groups excluding carboxylic acids is 2. The van der Waals surface area contributed by atoms with E-state index in [-0.39, 0.29) is 24.6 Å². The first-order valence-corrected chi connectivity index (χ1v) is 14.0. The smallest absolute Gasteiger partial charge is 0.304 e. The molecule has 0 fully saturated rings. The number of amides is 2. The van der Waals surface area contributed by atoms with E-state index in [1.54, 1.807) is 19.1 Å². The highest BCUT2D eigenvalue weighted by Gasteiger charge is 2.34. The van der Waals surface area contributed by atoms with Crippen LogP contribution < -0.4 is 9.62 Å². The van der Waals surface area contributed by atoms with E-state index in [1.807, 2.05) is 6.92 Å². The average molecular weight is 576 g/mol. The van der Waals surface area contributed by atoms with Gasteiger partial charge in [0.15, 0.2) is 0 Å². The van der Waals surface area contributed by atoms with Crippen molar-refractivity contribution in [2.45, 2.75) is 45.7 Å². The molecule has 0 saturated carbocycles. The summed E-state index contributed by atoms with van der Waals surface area (Å²) in [5, 5.41) is 3.53. The number of benzene rings is 2. The summed E-state index contributed by atoms with van der Waals surface area (Å²) in [5.41, 5.74) is 0.238. The quantitative estimate of drug-likeness (QED) is 0.357. The normalized spacial score (nSPS) is 12.3. The van der Waals surface area contributed by atoms with Gasteiger partial charge in [-0.05, 0) is 42.7 Å². The van der Waals surface area contributed by atoms with Gasteiger partial charge in [0.1, 0.15) is 18.4 Å². The summed E-state index contributed by atoms with van der Waals surface area (Å²) in [6.45, 7) is 3.36. The van der Waals surface area contributed by atoms with Crippen LogP contribution in [0.15, 0.2) is 42.5 Å². The first kappa shape index (κ1) is 30.8. The molecule has 0 bridgehead atoms. The fourth-order valence-corrected chi connectivity index (χ4v) is 5.15. The van der Waals surface area contributed by atoms with Gasteiger partial charge in [-0.25, -0.2) is 8.70 Å². The molecule has 2 aromatic rings. The highest BCUT2D eigenvalue weighted by atomic mass is 35.5. The minimum absolute atomic E-state index is 0.0817. The van der Waals surface area contributed by atoms with Gasteiger partial charge in [-0.3, -0.25) is 9.59 Å². The summed E-state index contributed by atoms with van der Waals surface area (Å²) in [6.07, 6.45) is 1.90. The minimum Gasteiger partial charge on any atom is -0.354 e. The third-order valence-corrected chi connectivity index (χ3v) is 8.10. The Bertz CT molecular complexity index is 1200. The molecule has 1 atom stereocenters. The summed E-state index contributed by atoms with van der Waals surface area (Å²) < 4.78 is 42.6. The van der Waals surface area contributed by atoms with E-state index >= 15 is 0 Å². The zero-order valence-corrected chi connectivity index (χ0v) is 23.7. The Labute approximate surface area is 228 Å². The Balaban J connectivity index is 2.52. The molecule has 2 amide bonds. The van der Waals surface area contributed by atoms with Gasteiger partial charge in [0.2, 0.25) is 11.8 Å². The lowest BCUT2D eigenvalue weighted by Crippen LogP contribution is -2.53. The van der Waals surface area contributed by atoms with Gasteiger partial charge in [-0.15, -0.1) is 0 Å². The number of anilines is 1. The highest BCUT2D eigenvalue weighted by molar-refractivity contribution is 7.90. The summed E-state index contributed by atoms with van der Waals surface area (Å²) >= 11 is 12.4. The molecule has 0 aliphatic heterocycles. The SMILES string of the molecule is CCCCNC(=O)C(CC)N(Cc1ccc(Cl)cc1Cl)C(=O)CN(c1ccccc1F)S(=O)(=O)N(C)C. The second-order valence-electron chi connectivity index (χ2n) is 8.57. The van der Waals surface area contributed by atoms with E-state index in [9.17, 15) is 22.4 Å². The predicted molar refractivity (Wildman–Crippen MR) is 145 cm³/mol. The largest absolute Gasteiger partial charge is 0.354 e. The van der Waals surface area contributed by atoms with Crippen molar-refractivity contribution in [3.8, 4) is 0 Å². The van der Waals surface area contributed by atoms with Crippen LogP contribution in [0.1, 0.15) is 38.7 Å². The van der Waals surface area contributed by atoms with Crippen LogP contribution in [0, 0.1) is 5.82 Å². The second-order valence-corrected chi connectivity index (χ2v) is 11.5. The lowest BCUT2D eigenvalue weighted by atomic mass is 10.1. The zero-order valence-electron chi connectivity index (χ0n) is 21.4. The molecule has 8 nitrogen and oxygen atoms in total. The Hall–Kier alpha value is -2.40. The number of nitrogens with one attached hydrogen (secondary N) is 1. The molecule has 1 N–H and O–H groups in total. The third kappa shape index (κ3) is 8.04. The number of rotatable bonds is 13. The number of nitrogens with zero attached hydrogens (tertiary/aromatic N) is 3. The van der Waals surface area contributed by atoms with Gasteiger partial charge in [0.05, 0.1) is 5.69 Å². The molecule has 204 valence electrons. The van der Waals surface area contributed by atoms with Crippen molar-refractivity contribution in [1.82, 2.24) is 14.5 Å². The molecule has 2 rings (SSSR count). The van der Waals surface area contributed by atoms with Gasteiger partial charge in [-0.2, -0.15) is 12.7 Å². The summed E-state index contributed by atoms with van der Waals surface area (Å²) in [4.78, 5) is 28.1. The van der Waals surface area contributed by atoms with Gasteiger partial charge < -0.3 is 10.2 Å². The fraction of sp³-hybridized carbons (Fsp3) is 0.440. The molecule has 0 aromatic heterocycles. The van der Waals surface area contributed by atoms with E-state index < -0.39 is 34.5 Å². The first-order valence-electron chi connectivity index (χ1n) is 11.9. The number of carbonyl (C=O) groups is 2. The van der Waals surface area contributed by atoms with Crippen LogP contribution >= 0.6 is 23.2 Å². The van der Waals surface area contributed by atoms with Gasteiger partial charge in [-0.1, -0.05) is 61.7 Å². The Morgan fingerprint density at radius 1 is 1.08 bits per heavy atom. The van der Waals surface area contributed by atoms with Gasteiger partial charge in [0.25, 0.3) is 0 Å². The van der Waals surface area contributed by atoms with Crippen LogP contribution in [0.25, 0.3) is 0 Å². The monoisotopic (exact) mass is 574 g/mol. The van der Waals surface area contributed by atoms with Crippen LogP contribution in [0.4, 0.5) is 10.1 Å². The van der Waals surface area contributed by atoms with Crippen LogP contribution in [-0.4, -0.2) is 62.7 Å². The summed E-state index contributed by atoms with van der Waals surface area (Å²) in [5.74, 6) is -1.88. The number of hydrogen-bond donors (Lipinski definition) is 1. The molecule has 1 unspecified atom stereocenters. The van der Waals surface area contributed by atoms with Crippen LogP contribution in [0.3, 0.4) is 0 Å². The Morgan fingerprint density at radius 3 is 2.32 bits per heavy atom. The molecule has 12 heteroatoms. The highest BCUT2D eigenvalue weighted by Crippen LogP contribution is 2.26. The molecule has 0 saturated heterocycles. The molecular formula is C25H33Cl2FN4O4S. The fourth-order valence-electron chi connectivity index (χ4n) is 3.61. The number of unbranched alkanes of at least 4 members (excludes halogenated alkanes) is 1. The second kappa shape index (κ2) is 13.9. The Kier molecular flexibility index (Phi) is 11.6. The molecule has 0 aliphatic carbocycles. The van der Waals surface area contributed by atoms with Crippen LogP contribution in [0.2, 0.25) is 10.0 Å². The van der Waals surface area contributed by atoms with Crippen molar-refractivity contribution in [2.24, 2.45) is 0 Å². The zero-order chi connectivity index (χ0) is 27.8. The predicted octanol–water partition coefficient (Wildman–Crippen LogP) is 4.47.